The second kappa shape index (κ2) is 7.00. The second-order valence-corrected chi connectivity index (χ2v) is 4.15. The fourth-order valence-corrected chi connectivity index (χ4v) is 1.50. The van der Waals surface area contributed by atoms with E-state index in [0.29, 0.717) is 17.4 Å². The van der Waals surface area contributed by atoms with Crippen molar-refractivity contribution in [3.63, 3.8) is 0 Å². The molecule has 0 spiro atoms. The van der Waals surface area contributed by atoms with Gasteiger partial charge in [0, 0.05) is 13.6 Å². The highest BCUT2D eigenvalue weighted by Crippen LogP contribution is 2.31. The standard InChI is InChI=1S/C12H22N4O2/c1-5-6-13-11-10(18-4)12(15-8-14-11)16(3)9(2)7-17/h8-9,17H,5-7H2,1-4H3,(H,13,14,15). The first-order valence-electron chi connectivity index (χ1n) is 6.12. The fraction of sp³-hybridized carbons (Fsp3) is 0.667. The number of hydrogen-bond donors (Lipinski definition) is 2. The lowest BCUT2D eigenvalue weighted by molar-refractivity contribution is 0.269. The van der Waals surface area contributed by atoms with Gasteiger partial charge >= 0.3 is 0 Å². The summed E-state index contributed by atoms with van der Waals surface area (Å²) in [6.45, 7) is 4.88. The zero-order valence-corrected chi connectivity index (χ0v) is 11.5. The molecule has 1 heterocycles. The summed E-state index contributed by atoms with van der Waals surface area (Å²) in [7, 11) is 3.46. The lowest BCUT2D eigenvalue weighted by Crippen LogP contribution is -2.33. The quantitative estimate of drug-likeness (QED) is 0.760. The maximum Gasteiger partial charge on any atom is 0.204 e. The molecule has 1 aromatic rings. The van der Waals surface area contributed by atoms with E-state index in [9.17, 15) is 5.11 Å². The molecule has 0 fully saturated rings. The topological polar surface area (TPSA) is 70.5 Å². The van der Waals surface area contributed by atoms with E-state index >= 15 is 0 Å². The van der Waals surface area contributed by atoms with E-state index in [4.69, 9.17) is 4.74 Å². The first-order valence-corrected chi connectivity index (χ1v) is 6.12. The van der Waals surface area contributed by atoms with Gasteiger partial charge in [-0.15, -0.1) is 0 Å². The van der Waals surface area contributed by atoms with Crippen LogP contribution in [0.2, 0.25) is 0 Å². The monoisotopic (exact) mass is 254 g/mol. The van der Waals surface area contributed by atoms with Crippen LogP contribution in [0.25, 0.3) is 0 Å². The molecule has 0 saturated heterocycles. The van der Waals surface area contributed by atoms with Gasteiger partial charge < -0.3 is 20.1 Å². The van der Waals surface area contributed by atoms with Crippen LogP contribution in [0.15, 0.2) is 6.33 Å². The first-order chi connectivity index (χ1) is 8.65. The van der Waals surface area contributed by atoms with E-state index in [1.165, 1.54) is 6.33 Å². The molecule has 0 bridgehead atoms. The van der Waals surface area contributed by atoms with Crippen LogP contribution in [0.5, 0.6) is 5.75 Å². The van der Waals surface area contributed by atoms with E-state index in [1.54, 1.807) is 7.11 Å². The summed E-state index contributed by atoms with van der Waals surface area (Å²) in [6.07, 6.45) is 2.50. The number of aromatic nitrogens is 2. The van der Waals surface area contributed by atoms with Crippen molar-refractivity contribution in [2.45, 2.75) is 26.3 Å². The number of nitrogens with one attached hydrogen (secondary N) is 1. The Morgan fingerprint density at radius 2 is 2.22 bits per heavy atom. The third kappa shape index (κ3) is 3.22. The Hall–Kier alpha value is -1.56. The van der Waals surface area contributed by atoms with Gasteiger partial charge in [-0.3, -0.25) is 0 Å². The van der Waals surface area contributed by atoms with Gasteiger partial charge in [-0.2, -0.15) is 0 Å². The van der Waals surface area contributed by atoms with Gasteiger partial charge in [0.15, 0.2) is 11.6 Å². The lowest BCUT2D eigenvalue weighted by Gasteiger charge is -2.26. The molecule has 18 heavy (non-hydrogen) atoms. The van der Waals surface area contributed by atoms with Crippen molar-refractivity contribution >= 4 is 11.6 Å². The first kappa shape index (κ1) is 14.5. The van der Waals surface area contributed by atoms with Crippen molar-refractivity contribution in [3.8, 4) is 5.75 Å². The fourth-order valence-electron chi connectivity index (χ4n) is 1.50. The largest absolute Gasteiger partial charge is 0.490 e. The van der Waals surface area contributed by atoms with E-state index in [2.05, 4.69) is 22.2 Å². The number of anilines is 2. The molecule has 1 aromatic heterocycles. The average molecular weight is 254 g/mol. The van der Waals surface area contributed by atoms with Gasteiger partial charge in [0.25, 0.3) is 0 Å². The van der Waals surface area contributed by atoms with Crippen LogP contribution in [0, 0.1) is 0 Å². The zero-order valence-electron chi connectivity index (χ0n) is 11.5. The minimum absolute atomic E-state index is 0.0344. The number of hydrogen-bond acceptors (Lipinski definition) is 6. The third-order valence-electron chi connectivity index (χ3n) is 2.79. The molecular formula is C12H22N4O2. The predicted molar refractivity (Wildman–Crippen MR) is 72.3 cm³/mol. The summed E-state index contributed by atoms with van der Waals surface area (Å²) >= 11 is 0. The van der Waals surface area contributed by atoms with Crippen molar-refractivity contribution in [1.82, 2.24) is 9.97 Å². The molecule has 1 unspecified atom stereocenters. The average Bonchev–Trinajstić information content (AvgIpc) is 2.42. The van der Waals surface area contributed by atoms with Gasteiger partial charge in [0.1, 0.15) is 6.33 Å². The van der Waals surface area contributed by atoms with E-state index in [0.717, 1.165) is 13.0 Å². The maximum atomic E-state index is 9.20. The summed E-state index contributed by atoms with van der Waals surface area (Å²) in [5.41, 5.74) is 0. The maximum absolute atomic E-state index is 9.20. The van der Waals surface area contributed by atoms with Crippen LogP contribution in [0.1, 0.15) is 20.3 Å². The molecule has 1 atom stereocenters. The Morgan fingerprint density at radius 1 is 1.50 bits per heavy atom. The molecule has 0 saturated carbocycles. The van der Waals surface area contributed by atoms with Gasteiger partial charge in [0.05, 0.1) is 19.8 Å². The molecule has 0 amide bonds. The predicted octanol–water partition coefficient (Wildman–Crippen LogP) is 1.12. The SMILES string of the molecule is CCCNc1ncnc(N(C)C(C)CO)c1OC. The van der Waals surface area contributed by atoms with Gasteiger partial charge in [0.2, 0.25) is 5.75 Å². The second-order valence-electron chi connectivity index (χ2n) is 4.15. The highest BCUT2D eigenvalue weighted by Gasteiger charge is 2.18. The van der Waals surface area contributed by atoms with Crippen LogP contribution >= 0.6 is 0 Å². The van der Waals surface area contributed by atoms with Gasteiger partial charge in [-0.05, 0) is 13.3 Å². The summed E-state index contributed by atoms with van der Waals surface area (Å²) < 4.78 is 5.38. The van der Waals surface area contributed by atoms with Crippen molar-refractivity contribution in [1.29, 1.82) is 0 Å². The Balaban J connectivity index is 3.03. The molecule has 6 heteroatoms. The molecule has 0 aliphatic carbocycles. The molecule has 0 aliphatic rings. The summed E-state index contributed by atoms with van der Waals surface area (Å²) in [4.78, 5) is 10.3. The van der Waals surface area contributed by atoms with Crippen LogP contribution in [0.3, 0.4) is 0 Å². The lowest BCUT2D eigenvalue weighted by atomic mass is 10.3. The van der Waals surface area contributed by atoms with E-state index in [1.807, 2.05) is 18.9 Å². The van der Waals surface area contributed by atoms with Crippen LogP contribution < -0.4 is 15.0 Å². The third-order valence-corrected chi connectivity index (χ3v) is 2.79. The molecule has 1 rings (SSSR count). The van der Waals surface area contributed by atoms with Crippen molar-refractivity contribution < 1.29 is 9.84 Å². The normalized spacial score (nSPS) is 12.1. The van der Waals surface area contributed by atoms with E-state index < -0.39 is 0 Å². The number of likely N-dealkylation sites (N-methyl/N-ethyl adjacent to an activating group) is 1. The Morgan fingerprint density at radius 3 is 2.78 bits per heavy atom. The minimum Gasteiger partial charge on any atom is -0.490 e. The molecular weight excluding hydrogens is 232 g/mol. The van der Waals surface area contributed by atoms with Crippen LogP contribution in [-0.4, -0.2) is 48.4 Å². The Bertz CT molecular complexity index is 373. The molecule has 102 valence electrons. The van der Waals surface area contributed by atoms with Gasteiger partial charge in [-0.25, -0.2) is 9.97 Å². The van der Waals surface area contributed by atoms with E-state index in [-0.39, 0.29) is 12.6 Å². The zero-order chi connectivity index (χ0) is 13.5. The number of rotatable bonds is 7. The molecule has 6 nitrogen and oxygen atoms in total. The van der Waals surface area contributed by atoms with Crippen molar-refractivity contribution in [2.75, 3.05) is 37.5 Å². The molecule has 0 aromatic carbocycles. The Kier molecular flexibility index (Phi) is 5.64. The minimum atomic E-state index is -0.0344. The number of aliphatic hydroxyl groups is 1. The summed E-state index contributed by atoms with van der Waals surface area (Å²) in [6, 6.07) is -0.0344. The van der Waals surface area contributed by atoms with Crippen LogP contribution in [-0.2, 0) is 0 Å². The molecule has 0 aliphatic heterocycles. The highest BCUT2D eigenvalue weighted by molar-refractivity contribution is 5.64. The number of nitrogens with zero attached hydrogens (tertiary/aromatic N) is 3. The number of methoxy groups -OCH3 is 1. The number of aliphatic hydroxyl groups excluding tert-OH is 1. The summed E-state index contributed by atoms with van der Waals surface area (Å²) in [5, 5.41) is 12.4. The number of ether oxygens (including phenoxy) is 1. The van der Waals surface area contributed by atoms with Crippen molar-refractivity contribution in [3.05, 3.63) is 6.33 Å². The van der Waals surface area contributed by atoms with Crippen LogP contribution in [0.4, 0.5) is 11.6 Å². The summed E-state index contributed by atoms with van der Waals surface area (Å²) in [5.74, 6) is 1.96. The smallest absolute Gasteiger partial charge is 0.204 e. The van der Waals surface area contributed by atoms with Gasteiger partial charge in [-0.1, -0.05) is 6.92 Å². The van der Waals surface area contributed by atoms with Crippen molar-refractivity contribution in [2.24, 2.45) is 0 Å². The Labute approximate surface area is 108 Å². The highest BCUT2D eigenvalue weighted by atomic mass is 16.5. The molecule has 2 N–H and O–H groups in total. The molecule has 0 radical (unpaired) electrons.